The fourth-order valence-electron chi connectivity index (χ4n) is 2.94. The summed E-state index contributed by atoms with van der Waals surface area (Å²) in [5.41, 5.74) is 0. The Morgan fingerprint density at radius 1 is 1.17 bits per heavy atom. The Bertz CT molecular complexity index is 345. The highest BCUT2D eigenvalue weighted by molar-refractivity contribution is 5.81. The molecule has 2 rings (SSSR count). The maximum absolute atomic E-state index is 12.3. The molecule has 1 aliphatic heterocycles. The summed E-state index contributed by atoms with van der Waals surface area (Å²) in [5.74, 6) is -0.971. The first-order valence-corrected chi connectivity index (χ1v) is 6.71. The van der Waals surface area contributed by atoms with Crippen LogP contribution in [-0.4, -0.2) is 59.5 Å². The molecular weight excluding hydrogens is 232 g/mol. The average molecular weight is 254 g/mol. The van der Waals surface area contributed by atoms with Gasteiger partial charge in [0.15, 0.2) is 0 Å². The molecule has 0 aromatic heterocycles. The Morgan fingerprint density at radius 2 is 1.83 bits per heavy atom. The van der Waals surface area contributed by atoms with Crippen LogP contribution in [0, 0.1) is 11.8 Å². The molecule has 102 valence electrons. The van der Waals surface area contributed by atoms with Gasteiger partial charge < -0.3 is 14.9 Å². The summed E-state index contributed by atoms with van der Waals surface area (Å²) < 4.78 is 0. The van der Waals surface area contributed by atoms with Crippen molar-refractivity contribution in [2.24, 2.45) is 11.8 Å². The van der Waals surface area contributed by atoms with Crippen molar-refractivity contribution in [2.45, 2.75) is 32.2 Å². The normalized spacial score (nSPS) is 33.7. The first-order chi connectivity index (χ1) is 8.49. The van der Waals surface area contributed by atoms with Gasteiger partial charge in [0.1, 0.15) is 0 Å². The van der Waals surface area contributed by atoms with E-state index in [1.54, 1.807) is 0 Å². The quantitative estimate of drug-likeness (QED) is 0.786. The number of carbonyl (C=O) groups is 2. The van der Waals surface area contributed by atoms with Gasteiger partial charge in [0.25, 0.3) is 0 Å². The van der Waals surface area contributed by atoms with E-state index in [0.29, 0.717) is 18.9 Å². The summed E-state index contributed by atoms with van der Waals surface area (Å²) in [6.45, 7) is 4.56. The van der Waals surface area contributed by atoms with Crippen LogP contribution in [0.1, 0.15) is 26.2 Å². The number of hydrogen-bond donors (Lipinski definition) is 1. The molecule has 2 fully saturated rings. The Kier molecular flexibility index (Phi) is 3.90. The number of likely N-dealkylation sites (N-methyl/N-ethyl adjacent to an activating group) is 1. The van der Waals surface area contributed by atoms with Crippen molar-refractivity contribution in [3.8, 4) is 0 Å². The summed E-state index contributed by atoms with van der Waals surface area (Å²) in [4.78, 5) is 27.4. The Labute approximate surface area is 108 Å². The van der Waals surface area contributed by atoms with Gasteiger partial charge in [-0.1, -0.05) is 0 Å². The van der Waals surface area contributed by atoms with E-state index in [9.17, 15) is 9.59 Å². The Hall–Kier alpha value is -1.10. The van der Waals surface area contributed by atoms with E-state index in [0.717, 1.165) is 26.1 Å². The minimum absolute atomic E-state index is 0.0679. The van der Waals surface area contributed by atoms with Gasteiger partial charge in [0, 0.05) is 31.6 Å². The van der Waals surface area contributed by atoms with E-state index in [2.05, 4.69) is 18.9 Å². The maximum Gasteiger partial charge on any atom is 0.306 e. The highest BCUT2D eigenvalue weighted by Gasteiger charge is 2.37. The summed E-state index contributed by atoms with van der Waals surface area (Å²) >= 11 is 0. The molecule has 1 saturated carbocycles. The van der Waals surface area contributed by atoms with Crippen LogP contribution in [0.15, 0.2) is 0 Å². The van der Waals surface area contributed by atoms with E-state index >= 15 is 0 Å². The second-order valence-corrected chi connectivity index (χ2v) is 5.66. The van der Waals surface area contributed by atoms with Crippen LogP contribution < -0.4 is 0 Å². The van der Waals surface area contributed by atoms with E-state index in [1.807, 2.05) is 4.90 Å². The first kappa shape index (κ1) is 13.3. The molecule has 2 aliphatic rings. The van der Waals surface area contributed by atoms with E-state index < -0.39 is 5.97 Å². The summed E-state index contributed by atoms with van der Waals surface area (Å²) in [6, 6.07) is 0.388. The van der Waals surface area contributed by atoms with E-state index in [-0.39, 0.29) is 17.7 Å². The van der Waals surface area contributed by atoms with Gasteiger partial charge in [-0.25, -0.2) is 0 Å². The van der Waals surface area contributed by atoms with Crippen molar-refractivity contribution in [1.82, 2.24) is 9.80 Å². The molecular formula is C13H22N2O3. The van der Waals surface area contributed by atoms with Crippen molar-refractivity contribution in [3.05, 3.63) is 0 Å². The molecule has 0 aromatic rings. The molecule has 3 unspecified atom stereocenters. The fraction of sp³-hybridized carbons (Fsp3) is 0.846. The van der Waals surface area contributed by atoms with E-state index in [1.165, 1.54) is 0 Å². The molecule has 1 aliphatic carbocycles. The monoisotopic (exact) mass is 254 g/mol. The lowest BCUT2D eigenvalue weighted by molar-refractivity contribution is -0.142. The van der Waals surface area contributed by atoms with Crippen LogP contribution in [-0.2, 0) is 9.59 Å². The Balaban J connectivity index is 1.90. The average Bonchev–Trinajstić information content (AvgIpc) is 2.81. The molecule has 0 aromatic carbocycles. The van der Waals surface area contributed by atoms with Crippen LogP contribution in [0.3, 0.4) is 0 Å². The standard InChI is InChI=1S/C13H22N2O3/c1-9-8-15(6-5-14(9)2)12(16)10-3-4-11(7-10)13(17)18/h9-11H,3-8H2,1-2H3,(H,17,18). The van der Waals surface area contributed by atoms with Gasteiger partial charge in [-0.3, -0.25) is 9.59 Å². The number of carboxylic acid groups (broad SMARTS) is 1. The SMILES string of the molecule is CC1CN(C(=O)C2CCC(C(=O)O)C2)CCN1C. The van der Waals surface area contributed by atoms with Gasteiger partial charge in [-0.15, -0.1) is 0 Å². The molecule has 1 heterocycles. The molecule has 0 bridgehead atoms. The molecule has 1 saturated heterocycles. The van der Waals surface area contributed by atoms with Crippen molar-refractivity contribution >= 4 is 11.9 Å². The molecule has 5 heteroatoms. The summed E-state index contributed by atoms with van der Waals surface area (Å²) in [5, 5.41) is 8.97. The second kappa shape index (κ2) is 5.26. The number of aliphatic carboxylic acids is 1. The highest BCUT2D eigenvalue weighted by Crippen LogP contribution is 2.32. The lowest BCUT2D eigenvalue weighted by Crippen LogP contribution is -2.53. The zero-order valence-electron chi connectivity index (χ0n) is 11.1. The number of carboxylic acids is 1. The molecule has 0 spiro atoms. The zero-order valence-corrected chi connectivity index (χ0v) is 11.1. The molecule has 1 N–H and O–H groups in total. The minimum Gasteiger partial charge on any atom is -0.481 e. The Morgan fingerprint density at radius 3 is 2.39 bits per heavy atom. The third-order valence-corrected chi connectivity index (χ3v) is 4.40. The van der Waals surface area contributed by atoms with Crippen LogP contribution in [0.5, 0.6) is 0 Å². The number of nitrogens with zero attached hydrogens (tertiary/aromatic N) is 2. The van der Waals surface area contributed by atoms with Crippen LogP contribution in [0.4, 0.5) is 0 Å². The highest BCUT2D eigenvalue weighted by atomic mass is 16.4. The molecule has 3 atom stereocenters. The largest absolute Gasteiger partial charge is 0.481 e. The predicted molar refractivity (Wildman–Crippen MR) is 67.1 cm³/mol. The third kappa shape index (κ3) is 2.66. The number of piperazine rings is 1. The second-order valence-electron chi connectivity index (χ2n) is 5.66. The number of rotatable bonds is 2. The van der Waals surface area contributed by atoms with Gasteiger partial charge >= 0.3 is 5.97 Å². The third-order valence-electron chi connectivity index (χ3n) is 4.40. The zero-order chi connectivity index (χ0) is 13.3. The van der Waals surface area contributed by atoms with Crippen LogP contribution >= 0.6 is 0 Å². The summed E-state index contributed by atoms with van der Waals surface area (Å²) in [7, 11) is 2.07. The van der Waals surface area contributed by atoms with Crippen molar-refractivity contribution < 1.29 is 14.7 Å². The predicted octanol–water partition coefficient (Wildman–Crippen LogP) is 0.650. The van der Waals surface area contributed by atoms with Crippen molar-refractivity contribution in [1.29, 1.82) is 0 Å². The van der Waals surface area contributed by atoms with Crippen molar-refractivity contribution in [2.75, 3.05) is 26.7 Å². The molecule has 0 radical (unpaired) electrons. The van der Waals surface area contributed by atoms with Crippen LogP contribution in [0.2, 0.25) is 0 Å². The smallest absolute Gasteiger partial charge is 0.306 e. The lowest BCUT2D eigenvalue weighted by Gasteiger charge is -2.38. The van der Waals surface area contributed by atoms with Gasteiger partial charge in [0.05, 0.1) is 5.92 Å². The topological polar surface area (TPSA) is 60.9 Å². The number of amides is 1. The molecule has 1 amide bonds. The van der Waals surface area contributed by atoms with Crippen LogP contribution in [0.25, 0.3) is 0 Å². The first-order valence-electron chi connectivity index (χ1n) is 6.71. The van der Waals surface area contributed by atoms with Gasteiger partial charge in [-0.2, -0.15) is 0 Å². The summed E-state index contributed by atoms with van der Waals surface area (Å²) in [6.07, 6.45) is 1.90. The number of carbonyl (C=O) groups excluding carboxylic acids is 1. The van der Waals surface area contributed by atoms with Crippen molar-refractivity contribution in [3.63, 3.8) is 0 Å². The van der Waals surface area contributed by atoms with Gasteiger partial charge in [0.2, 0.25) is 5.91 Å². The van der Waals surface area contributed by atoms with E-state index in [4.69, 9.17) is 5.11 Å². The maximum atomic E-state index is 12.3. The minimum atomic E-state index is -0.753. The lowest BCUT2D eigenvalue weighted by atomic mass is 10.0. The number of hydrogen-bond acceptors (Lipinski definition) is 3. The van der Waals surface area contributed by atoms with Gasteiger partial charge in [-0.05, 0) is 33.2 Å². The fourth-order valence-corrected chi connectivity index (χ4v) is 2.94. The molecule has 5 nitrogen and oxygen atoms in total. The molecule has 18 heavy (non-hydrogen) atoms.